The summed E-state index contributed by atoms with van der Waals surface area (Å²) in [5, 5.41) is 7.78. The summed E-state index contributed by atoms with van der Waals surface area (Å²) < 4.78 is 38.2. The van der Waals surface area contributed by atoms with Crippen LogP contribution >= 0.6 is 0 Å². The lowest BCUT2D eigenvalue weighted by molar-refractivity contribution is 0.0336. The van der Waals surface area contributed by atoms with Crippen LogP contribution in [0, 0.1) is 5.92 Å². The molecule has 0 radical (unpaired) electrons. The van der Waals surface area contributed by atoms with Gasteiger partial charge in [-0.15, -0.1) is 0 Å². The van der Waals surface area contributed by atoms with Crippen LogP contribution in [0.3, 0.4) is 0 Å². The first kappa shape index (κ1) is 27.9. The Labute approximate surface area is 241 Å². The lowest BCUT2D eigenvalue weighted by Crippen LogP contribution is -2.40. The zero-order valence-electron chi connectivity index (χ0n) is 23.3. The first-order chi connectivity index (χ1) is 19.9. The first-order valence-corrected chi connectivity index (χ1v) is 16.0. The molecule has 3 atom stereocenters. The lowest BCUT2D eigenvalue weighted by Gasteiger charge is -2.26. The van der Waals surface area contributed by atoms with Crippen LogP contribution in [-0.2, 0) is 21.3 Å². The van der Waals surface area contributed by atoms with Gasteiger partial charge in [-0.3, -0.25) is 9.88 Å². The highest BCUT2D eigenvalue weighted by atomic mass is 32.2. The second-order valence-corrected chi connectivity index (χ2v) is 13.2. The Kier molecular flexibility index (Phi) is 8.12. The number of urea groups is 1. The van der Waals surface area contributed by atoms with Crippen LogP contribution in [0.25, 0.3) is 10.8 Å². The van der Waals surface area contributed by atoms with Gasteiger partial charge in [-0.05, 0) is 56.4 Å². The van der Waals surface area contributed by atoms with Gasteiger partial charge in [-0.1, -0.05) is 24.3 Å². The molecule has 11 heteroatoms. The Hall–Kier alpha value is -3.25. The van der Waals surface area contributed by atoms with Gasteiger partial charge in [0.25, 0.3) is 0 Å². The number of carbonyl (C=O) groups is 1. The largest absolute Gasteiger partial charge is 0.455 e. The summed E-state index contributed by atoms with van der Waals surface area (Å²) in [6.07, 6.45) is 4.25. The van der Waals surface area contributed by atoms with Crippen LogP contribution in [-0.4, -0.2) is 79.3 Å². The average Bonchev–Trinajstić information content (AvgIpc) is 3.55. The number of anilines is 1. The van der Waals surface area contributed by atoms with E-state index in [0.717, 1.165) is 68.6 Å². The molecule has 2 aliphatic heterocycles. The number of nitrogens with zero attached hydrogens (tertiary/aromatic N) is 3. The molecule has 2 N–H and O–H groups in total. The molecule has 3 unspecified atom stereocenters. The number of ether oxygens (including phenoxy) is 2. The van der Waals surface area contributed by atoms with Crippen LogP contribution in [0.1, 0.15) is 31.9 Å². The minimum absolute atomic E-state index is 0.0227. The number of rotatable bonds is 9. The Morgan fingerprint density at radius 3 is 2.63 bits per heavy atom. The number of hydrogen-bond donors (Lipinski definition) is 2. The number of hydrogen-bond acceptors (Lipinski definition) is 7. The number of aromatic nitrogens is 1. The van der Waals surface area contributed by atoms with Crippen molar-refractivity contribution in [2.45, 2.75) is 44.8 Å². The highest BCUT2D eigenvalue weighted by molar-refractivity contribution is 7.89. The summed E-state index contributed by atoms with van der Waals surface area (Å²) in [5.74, 6) is 1.59. The fourth-order valence-corrected chi connectivity index (χ4v) is 7.40. The highest BCUT2D eigenvalue weighted by Crippen LogP contribution is 2.42. The molecular formula is C30H37N5O5S. The number of nitrogens with one attached hydrogen (secondary N) is 2. The quantitative estimate of drug-likeness (QED) is 0.391. The van der Waals surface area contributed by atoms with Crippen LogP contribution in [0.5, 0.6) is 11.5 Å². The van der Waals surface area contributed by atoms with Crippen molar-refractivity contribution in [3.05, 3.63) is 60.4 Å². The number of benzene rings is 2. The Balaban J connectivity index is 1.09. The van der Waals surface area contributed by atoms with E-state index >= 15 is 0 Å². The molecule has 1 aliphatic carbocycles. The van der Waals surface area contributed by atoms with Gasteiger partial charge in [0, 0.05) is 49.0 Å². The van der Waals surface area contributed by atoms with Gasteiger partial charge in [-0.2, -0.15) is 4.31 Å². The molecule has 1 saturated carbocycles. The number of morpholine rings is 1. The van der Waals surface area contributed by atoms with E-state index in [-0.39, 0.29) is 29.8 Å². The van der Waals surface area contributed by atoms with Gasteiger partial charge in [0.1, 0.15) is 11.5 Å². The molecule has 3 aromatic rings. The summed E-state index contributed by atoms with van der Waals surface area (Å²) in [6.45, 7) is 6.38. The third kappa shape index (κ3) is 6.33. The smallest absolute Gasteiger partial charge is 0.319 e. The summed E-state index contributed by atoms with van der Waals surface area (Å²) in [6, 6.07) is 15.1. The van der Waals surface area contributed by atoms with Crippen molar-refractivity contribution in [3.8, 4) is 11.5 Å². The third-order valence-corrected chi connectivity index (χ3v) is 10.2. The fourth-order valence-electron chi connectivity index (χ4n) is 5.99. The molecule has 10 nitrogen and oxygen atoms in total. The summed E-state index contributed by atoms with van der Waals surface area (Å²) in [5.41, 5.74) is 1.66. The predicted molar refractivity (Wildman–Crippen MR) is 158 cm³/mol. The second-order valence-electron chi connectivity index (χ2n) is 11.0. The van der Waals surface area contributed by atoms with E-state index in [2.05, 4.69) is 20.5 Å². The fraction of sp³-hybridized carbons (Fsp3) is 0.467. The minimum Gasteiger partial charge on any atom is -0.455 e. The van der Waals surface area contributed by atoms with Crippen LogP contribution in [0.2, 0.25) is 0 Å². The van der Waals surface area contributed by atoms with E-state index in [0.29, 0.717) is 23.7 Å². The van der Waals surface area contributed by atoms with Gasteiger partial charge in [0.15, 0.2) is 0 Å². The molecule has 3 aliphatic rings. The monoisotopic (exact) mass is 579 g/mol. The van der Waals surface area contributed by atoms with E-state index in [1.54, 1.807) is 17.4 Å². The second kappa shape index (κ2) is 11.9. The van der Waals surface area contributed by atoms with Crippen molar-refractivity contribution < 1.29 is 22.7 Å². The minimum atomic E-state index is -3.23. The van der Waals surface area contributed by atoms with Gasteiger partial charge in [0.05, 0.1) is 36.5 Å². The van der Waals surface area contributed by atoms with Gasteiger partial charge in [0.2, 0.25) is 10.0 Å². The molecule has 1 aromatic heterocycles. The zero-order valence-corrected chi connectivity index (χ0v) is 24.1. The number of fused-ring (bicyclic) bond motifs is 1. The van der Waals surface area contributed by atoms with Crippen molar-refractivity contribution in [2.75, 3.05) is 43.9 Å². The van der Waals surface area contributed by atoms with Crippen LogP contribution in [0.15, 0.2) is 54.7 Å². The van der Waals surface area contributed by atoms with Crippen molar-refractivity contribution in [1.82, 2.24) is 19.5 Å². The Morgan fingerprint density at radius 1 is 1.07 bits per heavy atom. The number of pyridine rings is 1. The van der Waals surface area contributed by atoms with Crippen LogP contribution < -0.4 is 15.4 Å². The Morgan fingerprint density at radius 2 is 1.88 bits per heavy atom. The number of sulfonamides is 1. The molecule has 2 aromatic carbocycles. The molecule has 2 amide bonds. The molecule has 6 rings (SSSR count). The molecule has 0 spiro atoms. The maximum atomic E-state index is 12.9. The molecule has 41 heavy (non-hydrogen) atoms. The lowest BCUT2D eigenvalue weighted by atomic mass is 10.1. The van der Waals surface area contributed by atoms with Gasteiger partial charge < -0.3 is 20.1 Å². The molecule has 2 saturated heterocycles. The summed E-state index contributed by atoms with van der Waals surface area (Å²) >= 11 is 0. The van der Waals surface area contributed by atoms with Crippen molar-refractivity contribution in [1.29, 1.82) is 0 Å². The SMILES string of the molecule is CCS(=O)(=O)N1CCCC1C1CC1NC(=O)Nc1ccc(Oc2ccc(CN3CCOCC3)nc2)c2ccccc12. The molecule has 0 bridgehead atoms. The summed E-state index contributed by atoms with van der Waals surface area (Å²) in [7, 11) is -3.23. The van der Waals surface area contributed by atoms with E-state index in [1.807, 2.05) is 48.5 Å². The highest BCUT2D eigenvalue weighted by Gasteiger charge is 2.50. The van der Waals surface area contributed by atoms with Crippen LogP contribution in [0.4, 0.5) is 10.5 Å². The van der Waals surface area contributed by atoms with E-state index in [1.165, 1.54) is 0 Å². The van der Waals surface area contributed by atoms with Crippen molar-refractivity contribution in [3.63, 3.8) is 0 Å². The zero-order chi connectivity index (χ0) is 28.4. The first-order valence-electron chi connectivity index (χ1n) is 14.4. The molecule has 3 fully saturated rings. The molecule has 3 heterocycles. The topological polar surface area (TPSA) is 113 Å². The maximum absolute atomic E-state index is 12.9. The standard InChI is InChI=1S/C30H37N5O5S/c1-2-41(37,38)35-13-5-8-28(35)25-18-27(25)33-30(36)32-26-11-12-29(24-7-4-3-6-23(24)26)40-22-10-9-21(31-19-22)20-34-14-16-39-17-15-34/h3-4,6-7,9-12,19,25,27-28H,2,5,8,13-18,20H2,1H3,(H2,32,33,36). The summed E-state index contributed by atoms with van der Waals surface area (Å²) in [4.78, 5) is 19.9. The normalized spacial score (nSPS) is 23.4. The number of amides is 2. The maximum Gasteiger partial charge on any atom is 0.319 e. The van der Waals surface area contributed by atoms with Crippen molar-refractivity contribution >= 4 is 32.5 Å². The Bertz CT molecular complexity index is 1490. The van der Waals surface area contributed by atoms with Gasteiger partial charge >= 0.3 is 6.03 Å². The van der Waals surface area contributed by atoms with E-state index in [9.17, 15) is 13.2 Å². The third-order valence-electron chi connectivity index (χ3n) is 8.27. The molecule has 218 valence electrons. The number of carbonyl (C=O) groups excluding carboxylic acids is 1. The van der Waals surface area contributed by atoms with Crippen molar-refractivity contribution in [2.24, 2.45) is 5.92 Å². The predicted octanol–water partition coefficient (Wildman–Crippen LogP) is 4.18. The molecular weight excluding hydrogens is 542 g/mol. The average molecular weight is 580 g/mol. The van der Waals surface area contributed by atoms with Gasteiger partial charge in [-0.25, -0.2) is 13.2 Å². The van der Waals surface area contributed by atoms with E-state index in [4.69, 9.17) is 9.47 Å². The van der Waals surface area contributed by atoms with E-state index < -0.39 is 10.0 Å².